The summed E-state index contributed by atoms with van der Waals surface area (Å²) in [6, 6.07) is -0.0996. The van der Waals surface area contributed by atoms with E-state index in [0.29, 0.717) is 35.2 Å². The molecule has 6 heteroatoms. The van der Waals surface area contributed by atoms with Crippen LogP contribution in [-0.2, 0) is 0 Å². The van der Waals surface area contributed by atoms with Gasteiger partial charge in [-0.1, -0.05) is 37.0 Å². The zero-order chi connectivity index (χ0) is 19.3. The number of hydrogen-bond donors (Lipinski definition) is 4. The van der Waals surface area contributed by atoms with E-state index in [4.69, 9.17) is 34.7 Å². The molecule has 3 fully saturated rings. The highest BCUT2D eigenvalue weighted by atomic mass is 35.5. The molecular formula is C20H34Cl2N2O2. The fraction of sp³-hybridized carbons (Fsp3) is 0.900. The van der Waals surface area contributed by atoms with Crippen molar-refractivity contribution in [2.45, 2.75) is 64.5 Å². The first-order valence-corrected chi connectivity index (χ1v) is 10.7. The summed E-state index contributed by atoms with van der Waals surface area (Å²) >= 11 is 12.5. The fourth-order valence-corrected chi connectivity index (χ4v) is 7.58. The fourth-order valence-electron chi connectivity index (χ4n) is 6.86. The Kier molecular flexibility index (Phi) is 6.05. The van der Waals surface area contributed by atoms with Gasteiger partial charge in [0.2, 0.25) is 0 Å². The summed E-state index contributed by atoms with van der Waals surface area (Å²) in [5, 5.41) is 20.1. The molecule has 3 unspecified atom stereocenters. The number of aliphatic hydroxyl groups excluding tert-OH is 2. The Balaban J connectivity index is 1.94. The summed E-state index contributed by atoms with van der Waals surface area (Å²) in [4.78, 5) is 0. The van der Waals surface area contributed by atoms with Crippen LogP contribution in [0.1, 0.15) is 52.4 Å². The summed E-state index contributed by atoms with van der Waals surface area (Å²) in [7, 11) is 0. The number of aliphatic hydroxyl groups is 2. The van der Waals surface area contributed by atoms with Gasteiger partial charge in [-0.3, -0.25) is 0 Å². The van der Waals surface area contributed by atoms with Crippen molar-refractivity contribution < 1.29 is 10.2 Å². The van der Waals surface area contributed by atoms with Crippen molar-refractivity contribution >= 4 is 23.2 Å². The third kappa shape index (κ3) is 3.15. The van der Waals surface area contributed by atoms with Gasteiger partial charge in [0.15, 0.2) is 0 Å². The number of hydrogen-bond acceptors (Lipinski definition) is 4. The topological polar surface area (TPSA) is 92.5 Å². The average molecular weight is 405 g/mol. The first kappa shape index (κ1) is 20.9. The van der Waals surface area contributed by atoms with Gasteiger partial charge >= 0.3 is 0 Å². The van der Waals surface area contributed by atoms with Crippen molar-refractivity contribution in [1.82, 2.24) is 0 Å². The highest BCUT2D eigenvalue weighted by Crippen LogP contribution is 2.64. The summed E-state index contributed by atoms with van der Waals surface area (Å²) in [5.41, 5.74) is 13.7. The smallest absolute Gasteiger partial charge is 0.108 e. The van der Waals surface area contributed by atoms with Gasteiger partial charge < -0.3 is 21.7 Å². The number of fused-ring (bicyclic) bond motifs is 1. The maximum atomic E-state index is 10.1. The molecule has 0 radical (unpaired) electrons. The van der Waals surface area contributed by atoms with Crippen LogP contribution >= 0.6 is 23.2 Å². The van der Waals surface area contributed by atoms with Gasteiger partial charge in [0.25, 0.3) is 0 Å². The molecule has 3 aliphatic rings. The lowest BCUT2D eigenvalue weighted by molar-refractivity contribution is -0.0917. The van der Waals surface area contributed by atoms with Gasteiger partial charge in [0.05, 0.1) is 6.10 Å². The summed E-state index contributed by atoms with van der Waals surface area (Å²) in [6.45, 7) is 5.29. The van der Waals surface area contributed by atoms with E-state index in [9.17, 15) is 10.2 Å². The second-order valence-corrected chi connectivity index (χ2v) is 10.3. The standard InChI is InChI=1S/C20H34Cl2N2O2/c1-19(5-3-12(26)7-11(19)10-25)14-4-6-20(2)15(13(14)9-23)8-16(24)17(20)18(21)22/h11-16,25-26H,3-10,23-24H2,1-2H3/t11-,12+,13-,14?,15?,16?,19+,20+/m1/s1. The van der Waals surface area contributed by atoms with E-state index in [2.05, 4.69) is 13.8 Å². The van der Waals surface area contributed by atoms with E-state index in [1.54, 1.807) is 0 Å². The lowest BCUT2D eigenvalue weighted by Gasteiger charge is -2.56. The molecule has 0 spiro atoms. The van der Waals surface area contributed by atoms with Crippen LogP contribution < -0.4 is 11.5 Å². The molecule has 26 heavy (non-hydrogen) atoms. The van der Waals surface area contributed by atoms with Crippen LogP contribution in [0.25, 0.3) is 0 Å². The van der Waals surface area contributed by atoms with Crippen LogP contribution in [0, 0.1) is 34.5 Å². The van der Waals surface area contributed by atoms with Gasteiger partial charge in [0.1, 0.15) is 4.49 Å². The zero-order valence-electron chi connectivity index (χ0n) is 15.9. The molecule has 3 aliphatic carbocycles. The minimum Gasteiger partial charge on any atom is -0.396 e. The average Bonchev–Trinajstić information content (AvgIpc) is 2.86. The van der Waals surface area contributed by atoms with Crippen LogP contribution in [-0.4, -0.2) is 35.5 Å². The number of nitrogens with two attached hydrogens (primary N) is 2. The summed E-state index contributed by atoms with van der Waals surface area (Å²) < 4.78 is 0.331. The molecule has 6 N–H and O–H groups in total. The second kappa shape index (κ2) is 7.53. The summed E-state index contributed by atoms with van der Waals surface area (Å²) in [5.74, 6) is 1.25. The van der Waals surface area contributed by atoms with Gasteiger partial charge in [-0.15, -0.1) is 0 Å². The molecule has 4 nitrogen and oxygen atoms in total. The first-order valence-electron chi connectivity index (χ1n) is 9.99. The maximum absolute atomic E-state index is 10.1. The lowest BCUT2D eigenvalue weighted by Crippen LogP contribution is -2.52. The minimum atomic E-state index is -0.296. The highest BCUT2D eigenvalue weighted by Gasteiger charge is 2.58. The SMILES string of the molecule is C[C@]12CCC([C@@]3(C)CC[C@H](O)C[C@@H]3CO)[C@@H](CN)C1CC(N)C2=C(Cl)Cl. The molecule has 150 valence electrons. The predicted molar refractivity (Wildman–Crippen MR) is 107 cm³/mol. The van der Waals surface area contributed by atoms with E-state index in [1.807, 2.05) is 0 Å². The first-order chi connectivity index (χ1) is 12.2. The Morgan fingerprint density at radius 1 is 1.15 bits per heavy atom. The second-order valence-electron chi connectivity index (χ2n) is 9.40. The van der Waals surface area contributed by atoms with Crippen molar-refractivity contribution in [1.29, 1.82) is 0 Å². The largest absolute Gasteiger partial charge is 0.396 e. The van der Waals surface area contributed by atoms with Gasteiger partial charge in [-0.2, -0.15) is 0 Å². The Morgan fingerprint density at radius 3 is 2.42 bits per heavy atom. The lowest BCUT2D eigenvalue weighted by atomic mass is 9.49. The molecule has 0 bridgehead atoms. The number of halogens is 2. The number of rotatable bonds is 3. The molecule has 3 saturated carbocycles. The monoisotopic (exact) mass is 404 g/mol. The van der Waals surface area contributed by atoms with Crippen molar-refractivity contribution in [3.05, 3.63) is 10.1 Å². The van der Waals surface area contributed by atoms with Crippen LogP contribution in [0.5, 0.6) is 0 Å². The van der Waals surface area contributed by atoms with E-state index < -0.39 is 0 Å². The zero-order valence-corrected chi connectivity index (χ0v) is 17.4. The third-order valence-electron chi connectivity index (χ3n) is 8.37. The normalized spacial score (nSPS) is 49.2. The molecule has 0 saturated heterocycles. The van der Waals surface area contributed by atoms with Gasteiger partial charge in [-0.25, -0.2) is 0 Å². The van der Waals surface area contributed by atoms with Crippen molar-refractivity contribution in [3.8, 4) is 0 Å². The van der Waals surface area contributed by atoms with Crippen LogP contribution in [0.2, 0.25) is 0 Å². The highest BCUT2D eigenvalue weighted by molar-refractivity contribution is 6.56. The molecular weight excluding hydrogens is 371 g/mol. The van der Waals surface area contributed by atoms with Crippen LogP contribution in [0.4, 0.5) is 0 Å². The maximum Gasteiger partial charge on any atom is 0.108 e. The summed E-state index contributed by atoms with van der Waals surface area (Å²) in [6.07, 6.45) is 5.04. The molecule has 0 aliphatic heterocycles. The van der Waals surface area contributed by atoms with Crippen molar-refractivity contribution in [3.63, 3.8) is 0 Å². The Labute approximate surface area is 167 Å². The Morgan fingerprint density at radius 2 is 1.85 bits per heavy atom. The van der Waals surface area contributed by atoms with Gasteiger partial charge in [0, 0.05) is 12.6 Å². The van der Waals surface area contributed by atoms with Gasteiger partial charge in [-0.05, 0) is 85.1 Å². The van der Waals surface area contributed by atoms with E-state index >= 15 is 0 Å². The Hall–Kier alpha value is 0.160. The van der Waals surface area contributed by atoms with Crippen LogP contribution in [0.3, 0.4) is 0 Å². The predicted octanol–water partition coefficient (Wildman–Crippen LogP) is 3.17. The Bertz CT molecular complexity index is 568. The molecule has 3 rings (SSSR count). The van der Waals surface area contributed by atoms with E-state index in [0.717, 1.165) is 37.7 Å². The quantitative estimate of drug-likeness (QED) is 0.580. The molecule has 0 aromatic rings. The van der Waals surface area contributed by atoms with Crippen LogP contribution in [0.15, 0.2) is 10.1 Å². The molecule has 0 amide bonds. The molecule has 0 aromatic heterocycles. The van der Waals surface area contributed by atoms with E-state index in [-0.39, 0.29) is 35.5 Å². The van der Waals surface area contributed by atoms with Crippen molar-refractivity contribution in [2.24, 2.45) is 46.0 Å². The molecule has 0 heterocycles. The molecule has 0 aromatic carbocycles. The molecule has 8 atom stereocenters. The third-order valence-corrected chi connectivity index (χ3v) is 8.78. The minimum absolute atomic E-state index is 0.000664. The van der Waals surface area contributed by atoms with E-state index in [1.165, 1.54) is 0 Å². The van der Waals surface area contributed by atoms with Crippen molar-refractivity contribution in [2.75, 3.05) is 13.2 Å².